The highest BCUT2D eigenvalue weighted by Gasteiger charge is 2.28. The molecule has 0 aromatic heterocycles. The summed E-state index contributed by atoms with van der Waals surface area (Å²) in [5, 5.41) is 12.1. The molecule has 36 heavy (non-hydrogen) atoms. The third-order valence-electron chi connectivity index (χ3n) is 4.90. The van der Waals surface area contributed by atoms with Crippen LogP contribution in [0.4, 0.5) is 5.69 Å². The Kier molecular flexibility index (Phi) is 9.30. The monoisotopic (exact) mass is 497 g/mol. The molecule has 0 saturated heterocycles. The van der Waals surface area contributed by atoms with Crippen molar-refractivity contribution in [3.63, 3.8) is 0 Å². The molecule has 0 bridgehead atoms. The van der Waals surface area contributed by atoms with Gasteiger partial charge in [0, 0.05) is 6.08 Å². The van der Waals surface area contributed by atoms with E-state index < -0.39 is 23.5 Å². The maximum Gasteiger partial charge on any atom is 0.333 e. The number of allylic oxidation sites excluding steroid dienone is 1. The van der Waals surface area contributed by atoms with Crippen molar-refractivity contribution in [3.8, 4) is 29.1 Å². The number of benzene rings is 2. The summed E-state index contributed by atoms with van der Waals surface area (Å²) in [7, 11) is 5.91. The van der Waals surface area contributed by atoms with E-state index in [9.17, 15) is 14.9 Å². The predicted molar refractivity (Wildman–Crippen MR) is 134 cm³/mol. The molecule has 0 saturated carbocycles. The van der Waals surface area contributed by atoms with Gasteiger partial charge >= 0.3 is 5.97 Å². The predicted octanol–water partition coefficient (Wildman–Crippen LogP) is 3.28. The van der Waals surface area contributed by atoms with Gasteiger partial charge in [0.15, 0.2) is 17.5 Å². The van der Waals surface area contributed by atoms with Crippen LogP contribution in [0.1, 0.15) is 31.9 Å². The first-order valence-electron chi connectivity index (χ1n) is 10.9. The first-order chi connectivity index (χ1) is 17.0. The number of anilines is 1. The lowest BCUT2D eigenvalue weighted by molar-refractivity contribution is -0.157. The smallest absolute Gasteiger partial charge is 0.333 e. The summed E-state index contributed by atoms with van der Waals surface area (Å²) in [6.07, 6.45) is 1.35. The van der Waals surface area contributed by atoms with E-state index in [2.05, 4.69) is 5.32 Å². The second kappa shape index (κ2) is 12.0. The Labute approximate surface area is 210 Å². The lowest BCUT2D eigenvalue weighted by Crippen LogP contribution is -2.45. The zero-order chi connectivity index (χ0) is 27.0. The fourth-order valence-electron chi connectivity index (χ4n) is 3.29. The Balaban J connectivity index is 2.51. The standard InChI is InChI=1S/C26H31N3O7/c1-26(2,3)36-25(31)22(28)24(30)29-18-12-15(8-9-19(18)32-4)17(10-11-27)16-13-20(33-5)23(35-7)21(14-16)34-6/h8-10,12-14,22H,28H2,1-7H3,(H,29,30). The normalized spacial score (nSPS) is 12.1. The topological polar surface area (TPSA) is 142 Å². The molecule has 2 aromatic carbocycles. The van der Waals surface area contributed by atoms with Gasteiger partial charge in [0.1, 0.15) is 11.4 Å². The minimum atomic E-state index is -1.55. The number of hydrogen-bond acceptors (Lipinski definition) is 9. The van der Waals surface area contributed by atoms with Crippen molar-refractivity contribution in [2.75, 3.05) is 33.8 Å². The molecule has 2 rings (SSSR count). The van der Waals surface area contributed by atoms with Crippen LogP contribution in [0.5, 0.6) is 23.0 Å². The molecule has 0 aliphatic heterocycles. The Morgan fingerprint density at radius 1 is 0.944 bits per heavy atom. The third-order valence-corrected chi connectivity index (χ3v) is 4.90. The van der Waals surface area contributed by atoms with Crippen LogP contribution in [-0.4, -0.2) is 52.0 Å². The Hall–Kier alpha value is -4.23. The van der Waals surface area contributed by atoms with Crippen molar-refractivity contribution >= 4 is 23.1 Å². The number of amides is 1. The first-order valence-corrected chi connectivity index (χ1v) is 10.9. The van der Waals surface area contributed by atoms with E-state index in [0.29, 0.717) is 39.7 Å². The van der Waals surface area contributed by atoms with Gasteiger partial charge in [-0.2, -0.15) is 5.26 Å². The van der Waals surface area contributed by atoms with Gasteiger partial charge in [-0.15, -0.1) is 0 Å². The molecule has 0 fully saturated rings. The van der Waals surface area contributed by atoms with E-state index in [-0.39, 0.29) is 5.69 Å². The molecular weight excluding hydrogens is 466 g/mol. The van der Waals surface area contributed by atoms with E-state index in [1.54, 1.807) is 51.1 Å². The summed E-state index contributed by atoms with van der Waals surface area (Å²) < 4.78 is 26.8. The van der Waals surface area contributed by atoms with Crippen LogP contribution in [0.3, 0.4) is 0 Å². The van der Waals surface area contributed by atoms with Crippen LogP contribution in [0.25, 0.3) is 5.57 Å². The molecular formula is C26H31N3O7. The molecule has 10 nitrogen and oxygen atoms in total. The minimum absolute atomic E-state index is 0.246. The fourth-order valence-corrected chi connectivity index (χ4v) is 3.29. The lowest BCUT2D eigenvalue weighted by atomic mass is 9.96. The minimum Gasteiger partial charge on any atom is -0.495 e. The van der Waals surface area contributed by atoms with Crippen LogP contribution in [0.2, 0.25) is 0 Å². The molecule has 0 spiro atoms. The Morgan fingerprint density at radius 3 is 2.00 bits per heavy atom. The lowest BCUT2D eigenvalue weighted by Gasteiger charge is -2.22. The number of nitriles is 1. The zero-order valence-electron chi connectivity index (χ0n) is 21.4. The largest absolute Gasteiger partial charge is 0.495 e. The number of nitrogens with one attached hydrogen (secondary N) is 1. The van der Waals surface area contributed by atoms with Crippen LogP contribution < -0.4 is 30.0 Å². The van der Waals surface area contributed by atoms with Gasteiger partial charge < -0.3 is 34.7 Å². The average Bonchev–Trinajstić information content (AvgIpc) is 2.84. The van der Waals surface area contributed by atoms with Crippen LogP contribution in [-0.2, 0) is 14.3 Å². The second-order valence-electron chi connectivity index (χ2n) is 8.52. The van der Waals surface area contributed by atoms with Gasteiger partial charge in [0.25, 0.3) is 5.91 Å². The number of carbonyl (C=O) groups is 2. The van der Waals surface area contributed by atoms with Gasteiger partial charge in [-0.1, -0.05) is 6.07 Å². The molecule has 10 heteroatoms. The van der Waals surface area contributed by atoms with Crippen molar-refractivity contribution in [2.45, 2.75) is 32.4 Å². The van der Waals surface area contributed by atoms with Crippen LogP contribution in [0, 0.1) is 11.3 Å². The Bertz CT molecular complexity index is 1170. The average molecular weight is 498 g/mol. The summed E-state index contributed by atoms with van der Waals surface area (Å²) in [6.45, 7) is 5.02. The van der Waals surface area contributed by atoms with E-state index in [0.717, 1.165) is 0 Å². The summed E-state index contributed by atoms with van der Waals surface area (Å²) in [5.74, 6) is -0.110. The number of nitrogens with two attached hydrogens (primary N) is 1. The highest BCUT2D eigenvalue weighted by Crippen LogP contribution is 2.41. The van der Waals surface area contributed by atoms with Gasteiger partial charge in [0.05, 0.1) is 40.2 Å². The highest BCUT2D eigenvalue weighted by molar-refractivity contribution is 6.09. The number of nitrogens with zero attached hydrogens (tertiary/aromatic N) is 1. The molecule has 1 unspecified atom stereocenters. The molecule has 192 valence electrons. The van der Waals surface area contributed by atoms with E-state index in [4.69, 9.17) is 29.4 Å². The van der Waals surface area contributed by atoms with E-state index in [1.165, 1.54) is 34.5 Å². The van der Waals surface area contributed by atoms with Gasteiger partial charge in [-0.3, -0.25) is 4.79 Å². The summed E-state index contributed by atoms with van der Waals surface area (Å²) >= 11 is 0. The van der Waals surface area contributed by atoms with E-state index >= 15 is 0 Å². The van der Waals surface area contributed by atoms with Crippen molar-refractivity contribution < 1.29 is 33.3 Å². The second-order valence-corrected chi connectivity index (χ2v) is 8.52. The van der Waals surface area contributed by atoms with Gasteiger partial charge in [0.2, 0.25) is 5.75 Å². The zero-order valence-corrected chi connectivity index (χ0v) is 21.4. The van der Waals surface area contributed by atoms with E-state index in [1.807, 2.05) is 6.07 Å². The molecule has 1 amide bonds. The molecule has 0 aliphatic rings. The Morgan fingerprint density at radius 2 is 1.53 bits per heavy atom. The van der Waals surface area contributed by atoms with Gasteiger partial charge in [-0.25, -0.2) is 4.79 Å². The molecule has 1 atom stereocenters. The third kappa shape index (κ3) is 6.67. The van der Waals surface area contributed by atoms with Crippen molar-refractivity contribution in [1.29, 1.82) is 5.26 Å². The van der Waals surface area contributed by atoms with Gasteiger partial charge in [-0.05, 0) is 61.7 Å². The molecule has 0 radical (unpaired) electrons. The SMILES string of the molecule is COc1ccc(C(=CC#N)c2cc(OC)c(OC)c(OC)c2)cc1NC(=O)C(N)C(=O)OC(C)(C)C. The maximum absolute atomic E-state index is 12.7. The first kappa shape index (κ1) is 28.0. The molecule has 2 aromatic rings. The van der Waals surface area contributed by atoms with Crippen molar-refractivity contribution in [1.82, 2.24) is 0 Å². The number of esters is 1. The molecule has 3 N–H and O–H groups in total. The number of ether oxygens (including phenoxy) is 5. The number of hydrogen-bond donors (Lipinski definition) is 2. The summed E-state index contributed by atoms with van der Waals surface area (Å²) in [4.78, 5) is 25.0. The van der Waals surface area contributed by atoms with Crippen molar-refractivity contribution in [3.05, 3.63) is 47.5 Å². The molecule has 0 aliphatic carbocycles. The quantitative estimate of drug-likeness (QED) is 0.303. The summed E-state index contributed by atoms with van der Waals surface area (Å²) in [5.41, 5.74) is 6.92. The number of methoxy groups -OCH3 is 4. The maximum atomic E-state index is 12.7. The summed E-state index contributed by atoms with van der Waals surface area (Å²) in [6, 6.07) is 8.82. The van der Waals surface area contributed by atoms with Crippen LogP contribution in [0.15, 0.2) is 36.4 Å². The highest BCUT2D eigenvalue weighted by atomic mass is 16.6. The van der Waals surface area contributed by atoms with Crippen molar-refractivity contribution in [2.24, 2.45) is 5.73 Å². The number of rotatable bonds is 9. The molecule has 0 heterocycles. The van der Waals surface area contributed by atoms with Crippen LogP contribution >= 0.6 is 0 Å². The number of carbonyl (C=O) groups excluding carboxylic acids is 2. The fraction of sp³-hybridized carbons (Fsp3) is 0.346.